The lowest BCUT2D eigenvalue weighted by Gasteiger charge is -2.22. The molecule has 0 aliphatic carbocycles. The van der Waals surface area contributed by atoms with Gasteiger partial charge in [0.05, 0.1) is 97.2 Å². The molecule has 2 heterocycles. The number of halogens is 3. The minimum atomic E-state index is -4.86. The first kappa shape index (κ1) is 46.1. The van der Waals surface area contributed by atoms with E-state index in [-0.39, 0.29) is 22.4 Å². The van der Waals surface area contributed by atoms with Crippen molar-refractivity contribution in [3.63, 3.8) is 0 Å². The molecule has 0 bridgehead atoms. The van der Waals surface area contributed by atoms with Crippen molar-refractivity contribution in [2.45, 2.75) is 6.18 Å². The van der Waals surface area contributed by atoms with Crippen LogP contribution in [0.15, 0.2) is 206 Å². The second-order valence-electron chi connectivity index (χ2n) is 18.4. The number of fused-ring (bicyclic) bond motifs is 6. The summed E-state index contributed by atoms with van der Waals surface area (Å²) in [6.07, 6.45) is -4.86. The van der Waals surface area contributed by atoms with E-state index in [1.54, 1.807) is 72.8 Å². The molecule has 0 saturated heterocycles. The summed E-state index contributed by atoms with van der Waals surface area (Å²) in [7, 11) is 0. The fraction of sp³-hybridized carbons (Fsp3) is 0.0152. The molecule has 0 amide bonds. The Labute approximate surface area is 433 Å². The van der Waals surface area contributed by atoms with Crippen molar-refractivity contribution in [2.24, 2.45) is 0 Å². The van der Waals surface area contributed by atoms with Crippen LogP contribution < -0.4 is 0 Å². The van der Waals surface area contributed by atoms with Gasteiger partial charge in [0.2, 0.25) is 0 Å². The second-order valence-corrected chi connectivity index (χ2v) is 18.4. The van der Waals surface area contributed by atoms with Crippen molar-refractivity contribution >= 4 is 43.6 Å². The number of nitriles is 5. The fourth-order valence-corrected chi connectivity index (χ4v) is 10.4. The van der Waals surface area contributed by atoms with Crippen LogP contribution in [-0.4, -0.2) is 9.13 Å². The van der Waals surface area contributed by atoms with Crippen LogP contribution in [-0.2, 0) is 6.18 Å². The predicted octanol–water partition coefficient (Wildman–Crippen LogP) is 16.6. The molecule has 0 atom stereocenters. The van der Waals surface area contributed by atoms with Gasteiger partial charge >= 0.3 is 6.18 Å². The van der Waals surface area contributed by atoms with Crippen molar-refractivity contribution in [1.29, 1.82) is 26.3 Å². The first-order valence-corrected chi connectivity index (χ1v) is 24.0. The number of alkyl halides is 3. The third-order valence-electron chi connectivity index (χ3n) is 14.1. The van der Waals surface area contributed by atoms with Crippen LogP contribution >= 0.6 is 0 Å². The molecule has 0 fully saturated rings. The van der Waals surface area contributed by atoms with Gasteiger partial charge in [-0.25, -0.2) is 0 Å². The van der Waals surface area contributed by atoms with Gasteiger partial charge in [-0.2, -0.15) is 39.5 Å². The lowest BCUT2D eigenvalue weighted by Crippen LogP contribution is -2.12. The van der Waals surface area contributed by atoms with Crippen LogP contribution in [0.1, 0.15) is 33.4 Å². The van der Waals surface area contributed by atoms with Crippen LogP contribution in [0.5, 0.6) is 0 Å². The van der Waals surface area contributed by atoms with Crippen molar-refractivity contribution in [1.82, 2.24) is 9.13 Å². The number of benzene rings is 10. The van der Waals surface area contributed by atoms with E-state index in [4.69, 9.17) is 0 Å². The van der Waals surface area contributed by atoms with Crippen molar-refractivity contribution < 1.29 is 13.2 Å². The molecular formula is C66H34F3N7. The summed E-state index contributed by atoms with van der Waals surface area (Å²) in [6, 6.07) is 72.7. The minimum Gasteiger partial charge on any atom is -0.307 e. The normalized spacial score (nSPS) is 11.3. The quantitative estimate of drug-likeness (QED) is 0.157. The third kappa shape index (κ3) is 7.92. The molecule has 10 aromatic carbocycles. The average molecular weight is 982 g/mol. The summed E-state index contributed by atoms with van der Waals surface area (Å²) in [5.74, 6) is 0. The highest BCUT2D eigenvalue weighted by atomic mass is 19.4. The number of hydrogen-bond donors (Lipinski definition) is 0. The molecule has 0 aliphatic heterocycles. The van der Waals surface area contributed by atoms with Gasteiger partial charge < -0.3 is 9.13 Å². The van der Waals surface area contributed by atoms with Crippen molar-refractivity contribution in [3.8, 4) is 97.4 Å². The zero-order chi connectivity index (χ0) is 52.2. The number of nitrogens with zero attached hydrogens (tertiary/aromatic N) is 7. The minimum absolute atomic E-state index is 0.117. The van der Waals surface area contributed by atoms with Gasteiger partial charge in [0, 0.05) is 21.5 Å². The van der Waals surface area contributed by atoms with Crippen LogP contribution in [0.3, 0.4) is 0 Å². The van der Waals surface area contributed by atoms with Gasteiger partial charge in [-0.1, -0.05) is 84.9 Å². The lowest BCUT2D eigenvalue weighted by atomic mass is 9.95. The van der Waals surface area contributed by atoms with E-state index in [2.05, 4.69) is 42.5 Å². The highest BCUT2D eigenvalue weighted by Gasteiger charge is 2.36. The van der Waals surface area contributed by atoms with Crippen LogP contribution in [0.25, 0.3) is 111 Å². The van der Waals surface area contributed by atoms with E-state index in [1.807, 2.05) is 118 Å². The summed E-state index contributed by atoms with van der Waals surface area (Å²) in [5.41, 5.74) is 11.6. The predicted molar refractivity (Wildman–Crippen MR) is 291 cm³/mol. The first-order valence-electron chi connectivity index (χ1n) is 24.0. The molecule has 0 spiro atoms. The molecule has 2 aromatic heterocycles. The third-order valence-corrected chi connectivity index (χ3v) is 14.1. The topological polar surface area (TPSA) is 129 Å². The molecule has 0 aliphatic rings. The number of rotatable bonds is 7. The number of hydrogen-bond acceptors (Lipinski definition) is 5. The highest BCUT2D eigenvalue weighted by molar-refractivity contribution is 6.14. The molecule has 0 saturated carbocycles. The van der Waals surface area contributed by atoms with E-state index in [1.165, 1.54) is 12.1 Å². The fourth-order valence-electron chi connectivity index (χ4n) is 10.4. The lowest BCUT2D eigenvalue weighted by molar-refractivity contribution is -0.137. The maximum absolute atomic E-state index is 16.1. The summed E-state index contributed by atoms with van der Waals surface area (Å²) >= 11 is 0. The van der Waals surface area contributed by atoms with Crippen LogP contribution in [0, 0.1) is 56.7 Å². The molecule has 0 unspecified atom stereocenters. The van der Waals surface area contributed by atoms with Crippen molar-refractivity contribution in [2.75, 3.05) is 0 Å². The number of aromatic nitrogens is 2. The van der Waals surface area contributed by atoms with Crippen LogP contribution in [0.2, 0.25) is 0 Å². The monoisotopic (exact) mass is 981 g/mol. The van der Waals surface area contributed by atoms with Gasteiger partial charge in [-0.15, -0.1) is 0 Å². The van der Waals surface area contributed by atoms with E-state index in [9.17, 15) is 26.3 Å². The summed E-state index contributed by atoms with van der Waals surface area (Å²) in [5, 5.41) is 51.5. The molecule has 10 heteroatoms. The van der Waals surface area contributed by atoms with Gasteiger partial charge in [0.1, 0.15) is 0 Å². The van der Waals surface area contributed by atoms with Crippen molar-refractivity contribution in [3.05, 3.63) is 240 Å². The molecule has 0 N–H and O–H groups in total. The van der Waals surface area contributed by atoms with E-state index >= 15 is 13.2 Å². The molecule has 12 rings (SSSR count). The zero-order valence-electron chi connectivity index (χ0n) is 39.9. The molecular weight excluding hydrogens is 948 g/mol. The van der Waals surface area contributed by atoms with E-state index in [0.717, 1.165) is 66.1 Å². The zero-order valence-corrected chi connectivity index (χ0v) is 39.9. The van der Waals surface area contributed by atoms with Gasteiger partial charge in [0.25, 0.3) is 0 Å². The largest absolute Gasteiger partial charge is 0.417 e. The van der Waals surface area contributed by atoms with Gasteiger partial charge in [0.15, 0.2) is 0 Å². The first-order chi connectivity index (χ1) is 37.0. The Bertz CT molecular complexity index is 4360. The Morgan fingerprint density at radius 1 is 0.289 bits per heavy atom. The molecule has 7 nitrogen and oxygen atoms in total. The Hall–Kier alpha value is -11.0. The molecule has 0 radical (unpaired) electrons. The Kier molecular flexibility index (Phi) is 11.1. The molecule has 12 aromatic rings. The standard InChI is InChI=1S/C66H34F3N7/c67-66(68,69)59-34-65(76-62-26-22-51(47-16-8-42(37-72)9-17-47)31-57(62)58-32-52(23-27-63(58)76)48-18-10-43(38-73)11-19-48)64(33-54(59)53-3-1-2-44(28-53)39-74)75-60-24-20-49(45-12-4-40(35-70)5-13-45)29-55(60)56-30-50(21-25-61(56)75)46-14-6-41(36-71)7-15-46/h1-34H. The molecule has 76 heavy (non-hydrogen) atoms. The van der Waals surface area contributed by atoms with Gasteiger partial charge in [-0.05, 0) is 177 Å². The highest BCUT2D eigenvalue weighted by Crippen LogP contribution is 2.47. The SMILES string of the molecule is N#Cc1ccc(-c2ccc3c(c2)c2cc(-c4ccc(C#N)cc4)ccc2n3-c2cc(-c3cccc(C#N)c3)c(C(F)(F)F)cc2-n2c3ccc(-c4ccc(C#N)cc4)cc3c3cc(-c4ccc(C#N)cc4)ccc32)cc1. The maximum atomic E-state index is 16.1. The van der Waals surface area contributed by atoms with Gasteiger partial charge in [-0.3, -0.25) is 0 Å². The maximum Gasteiger partial charge on any atom is 0.417 e. The summed E-state index contributed by atoms with van der Waals surface area (Å²) < 4.78 is 52.2. The second kappa shape index (κ2) is 18.3. The summed E-state index contributed by atoms with van der Waals surface area (Å²) in [6.45, 7) is 0. The van der Waals surface area contributed by atoms with Crippen LogP contribution in [0.4, 0.5) is 13.2 Å². The molecule has 354 valence electrons. The van der Waals surface area contributed by atoms with E-state index in [0.29, 0.717) is 50.0 Å². The Balaban J connectivity index is 1.20. The summed E-state index contributed by atoms with van der Waals surface area (Å²) in [4.78, 5) is 0. The average Bonchev–Trinajstić information content (AvgIpc) is 3.99. The smallest absolute Gasteiger partial charge is 0.307 e. The Morgan fingerprint density at radius 3 is 0.895 bits per heavy atom. The van der Waals surface area contributed by atoms with E-state index < -0.39 is 11.7 Å². The Morgan fingerprint density at radius 2 is 0.592 bits per heavy atom.